The lowest BCUT2D eigenvalue weighted by Crippen LogP contribution is -2.35. The van der Waals surface area contributed by atoms with Crippen molar-refractivity contribution >= 4 is 10.0 Å². The smallest absolute Gasteiger partial charge is 0.379 e. The number of benzene rings is 2. The average Bonchev–Trinajstić information content (AvgIpc) is 2.72. The quantitative estimate of drug-likeness (QED) is 0.632. The van der Waals surface area contributed by atoms with Crippen molar-refractivity contribution in [2.24, 2.45) is 0 Å². The molecule has 2 aromatic carbocycles. The summed E-state index contributed by atoms with van der Waals surface area (Å²) in [5.74, 6) is 0. The highest BCUT2D eigenvalue weighted by Crippen LogP contribution is 2.37. The summed E-state index contributed by atoms with van der Waals surface area (Å²) < 4.78 is 110. The summed E-state index contributed by atoms with van der Waals surface area (Å²) in [5, 5.41) is 0. The number of halogens is 6. The fourth-order valence-electron chi connectivity index (χ4n) is 3.12. The molecule has 0 amide bonds. The number of hydrogen-bond donors (Lipinski definition) is 1. The minimum Gasteiger partial charge on any atom is -0.379 e. The average molecular weight is 482 g/mol. The Balaban J connectivity index is 1.73. The van der Waals surface area contributed by atoms with Crippen LogP contribution in [0, 0.1) is 0 Å². The van der Waals surface area contributed by atoms with E-state index in [4.69, 9.17) is 4.74 Å². The van der Waals surface area contributed by atoms with E-state index in [1.807, 2.05) is 0 Å². The molecule has 12 heteroatoms. The fraction of sp³-hybridized carbons (Fsp3) is 0.400. The van der Waals surface area contributed by atoms with Gasteiger partial charge in [0.25, 0.3) is 0 Å². The minimum absolute atomic E-state index is 0.119. The molecule has 0 aliphatic carbocycles. The van der Waals surface area contributed by atoms with Crippen LogP contribution in [0.1, 0.15) is 22.3 Å². The molecule has 0 bridgehead atoms. The Bertz CT molecular complexity index is 999. The molecule has 0 radical (unpaired) electrons. The van der Waals surface area contributed by atoms with Crippen LogP contribution in [0.4, 0.5) is 26.3 Å². The van der Waals surface area contributed by atoms with E-state index in [0.717, 1.165) is 18.7 Å². The molecule has 0 saturated carbocycles. The standard InChI is InChI=1S/C20H20F6N2O3S/c21-19(22,23)16-9-17(20(24,25)26)11-18(10-16)32(29,30)27-12-14-1-3-15(4-2-14)13-28-5-7-31-8-6-28/h1-4,9-11,27H,5-8,12-13H2. The highest BCUT2D eigenvalue weighted by atomic mass is 32.2. The van der Waals surface area contributed by atoms with Gasteiger partial charge in [-0.3, -0.25) is 4.90 Å². The molecule has 0 spiro atoms. The first-order chi connectivity index (χ1) is 14.8. The summed E-state index contributed by atoms with van der Waals surface area (Å²) in [6.45, 7) is 3.26. The van der Waals surface area contributed by atoms with Gasteiger partial charge in [0.15, 0.2) is 0 Å². The van der Waals surface area contributed by atoms with Gasteiger partial charge in [-0.15, -0.1) is 0 Å². The van der Waals surface area contributed by atoms with E-state index >= 15 is 0 Å². The zero-order chi connectivity index (χ0) is 23.6. The Morgan fingerprint density at radius 3 is 1.84 bits per heavy atom. The molecule has 0 aromatic heterocycles. The van der Waals surface area contributed by atoms with Gasteiger partial charge in [-0.05, 0) is 29.3 Å². The topological polar surface area (TPSA) is 58.6 Å². The Hall–Kier alpha value is -2.15. The van der Waals surface area contributed by atoms with E-state index < -0.39 is 38.4 Å². The van der Waals surface area contributed by atoms with Crippen molar-refractivity contribution in [2.45, 2.75) is 30.3 Å². The molecular formula is C20H20F6N2O3S. The number of ether oxygens (including phenoxy) is 1. The summed E-state index contributed by atoms with van der Waals surface area (Å²) in [7, 11) is -4.63. The van der Waals surface area contributed by atoms with Crippen LogP contribution in [-0.4, -0.2) is 39.6 Å². The van der Waals surface area contributed by atoms with E-state index in [1.54, 1.807) is 24.3 Å². The van der Waals surface area contributed by atoms with Gasteiger partial charge in [0, 0.05) is 26.2 Å². The van der Waals surface area contributed by atoms with Gasteiger partial charge < -0.3 is 4.74 Å². The van der Waals surface area contributed by atoms with Crippen LogP contribution in [0.15, 0.2) is 47.4 Å². The van der Waals surface area contributed by atoms with Gasteiger partial charge in [0.2, 0.25) is 10.0 Å². The van der Waals surface area contributed by atoms with Crippen molar-refractivity contribution in [2.75, 3.05) is 26.3 Å². The lowest BCUT2D eigenvalue weighted by Gasteiger charge is -2.26. The normalized spacial score (nSPS) is 16.3. The maximum Gasteiger partial charge on any atom is 0.416 e. The van der Waals surface area contributed by atoms with Gasteiger partial charge >= 0.3 is 12.4 Å². The number of sulfonamides is 1. The van der Waals surface area contributed by atoms with Gasteiger partial charge in [-0.2, -0.15) is 26.3 Å². The molecule has 2 aromatic rings. The number of rotatable bonds is 6. The van der Waals surface area contributed by atoms with Crippen molar-refractivity contribution in [1.29, 1.82) is 0 Å². The Morgan fingerprint density at radius 1 is 0.844 bits per heavy atom. The SMILES string of the molecule is O=S(=O)(NCc1ccc(CN2CCOCC2)cc1)c1cc(C(F)(F)F)cc(C(F)(F)F)c1. The Kier molecular flexibility index (Phi) is 7.18. The number of alkyl halides is 6. The molecule has 1 aliphatic rings. The predicted molar refractivity (Wildman–Crippen MR) is 103 cm³/mol. The van der Waals surface area contributed by atoms with Crippen LogP contribution in [0.3, 0.4) is 0 Å². The molecule has 0 atom stereocenters. The summed E-state index contributed by atoms with van der Waals surface area (Å²) in [6.07, 6.45) is -10.3. The Labute approximate surface area is 181 Å². The second-order valence-corrected chi connectivity index (χ2v) is 9.04. The van der Waals surface area contributed by atoms with Crippen LogP contribution in [0.5, 0.6) is 0 Å². The lowest BCUT2D eigenvalue weighted by atomic mass is 10.1. The highest BCUT2D eigenvalue weighted by molar-refractivity contribution is 7.89. The van der Waals surface area contributed by atoms with Crippen molar-refractivity contribution in [3.05, 3.63) is 64.7 Å². The van der Waals surface area contributed by atoms with E-state index in [9.17, 15) is 34.8 Å². The van der Waals surface area contributed by atoms with Crippen LogP contribution in [-0.2, 0) is 40.2 Å². The number of morpholine rings is 1. The molecular weight excluding hydrogens is 462 g/mol. The van der Waals surface area contributed by atoms with Crippen molar-refractivity contribution in [1.82, 2.24) is 9.62 Å². The van der Waals surface area contributed by atoms with Crippen molar-refractivity contribution in [3.8, 4) is 0 Å². The van der Waals surface area contributed by atoms with Gasteiger partial charge in [-0.25, -0.2) is 13.1 Å². The third-order valence-corrected chi connectivity index (χ3v) is 6.25. The van der Waals surface area contributed by atoms with E-state index in [2.05, 4.69) is 9.62 Å². The maximum atomic E-state index is 13.0. The van der Waals surface area contributed by atoms with Gasteiger partial charge in [-0.1, -0.05) is 24.3 Å². The summed E-state index contributed by atoms with van der Waals surface area (Å²) in [5.41, 5.74) is -1.91. The van der Waals surface area contributed by atoms with E-state index in [1.165, 1.54) is 0 Å². The second-order valence-electron chi connectivity index (χ2n) is 7.27. The molecule has 1 fully saturated rings. The predicted octanol–water partition coefficient (Wildman–Crippen LogP) is 4.03. The summed E-state index contributed by atoms with van der Waals surface area (Å²) >= 11 is 0. The second kappa shape index (κ2) is 9.38. The van der Waals surface area contributed by atoms with Crippen LogP contribution in [0.2, 0.25) is 0 Å². The summed E-state index contributed by atoms with van der Waals surface area (Å²) in [4.78, 5) is 1.08. The Morgan fingerprint density at radius 2 is 1.34 bits per heavy atom. The first-order valence-corrected chi connectivity index (χ1v) is 11.0. The zero-order valence-electron chi connectivity index (χ0n) is 16.6. The molecule has 5 nitrogen and oxygen atoms in total. The van der Waals surface area contributed by atoms with E-state index in [-0.39, 0.29) is 24.7 Å². The minimum atomic E-state index is -5.14. The monoisotopic (exact) mass is 482 g/mol. The third kappa shape index (κ3) is 6.44. The van der Waals surface area contributed by atoms with Crippen LogP contribution < -0.4 is 4.72 Å². The van der Waals surface area contributed by atoms with E-state index in [0.29, 0.717) is 25.3 Å². The number of nitrogens with zero attached hydrogens (tertiary/aromatic N) is 1. The molecule has 176 valence electrons. The van der Waals surface area contributed by atoms with Crippen LogP contribution in [0.25, 0.3) is 0 Å². The highest BCUT2D eigenvalue weighted by Gasteiger charge is 2.38. The van der Waals surface area contributed by atoms with Crippen molar-refractivity contribution in [3.63, 3.8) is 0 Å². The van der Waals surface area contributed by atoms with Crippen molar-refractivity contribution < 1.29 is 39.5 Å². The molecule has 1 heterocycles. The molecule has 1 saturated heterocycles. The molecule has 3 rings (SSSR count). The maximum absolute atomic E-state index is 13.0. The zero-order valence-corrected chi connectivity index (χ0v) is 17.4. The molecule has 1 N–H and O–H groups in total. The fourth-order valence-corrected chi connectivity index (χ4v) is 4.21. The largest absolute Gasteiger partial charge is 0.416 e. The molecule has 0 unspecified atom stereocenters. The van der Waals surface area contributed by atoms with Gasteiger partial charge in [0.1, 0.15) is 0 Å². The summed E-state index contributed by atoms with van der Waals surface area (Å²) in [6, 6.07) is 7.10. The van der Waals surface area contributed by atoms with Crippen LogP contribution >= 0.6 is 0 Å². The number of nitrogens with one attached hydrogen (secondary N) is 1. The first-order valence-electron chi connectivity index (χ1n) is 9.52. The molecule has 1 aliphatic heterocycles. The third-order valence-electron chi connectivity index (χ3n) is 4.87. The number of hydrogen-bond acceptors (Lipinski definition) is 4. The molecule has 32 heavy (non-hydrogen) atoms. The van der Waals surface area contributed by atoms with Gasteiger partial charge in [0.05, 0.1) is 29.2 Å². The lowest BCUT2D eigenvalue weighted by molar-refractivity contribution is -0.143. The first kappa shape index (κ1) is 24.5.